The lowest BCUT2D eigenvalue weighted by atomic mass is 10.1. The Kier molecular flexibility index (Phi) is 4.40. The van der Waals surface area contributed by atoms with Gasteiger partial charge in [-0.2, -0.15) is 5.10 Å². The third-order valence-corrected chi connectivity index (χ3v) is 4.39. The Bertz CT molecular complexity index is 898. The number of nitrogens with zero attached hydrogens (tertiary/aromatic N) is 2. The standard InChI is InChI=1S/C18H17BrN4O/c1-11-8-14(6-7-15(11)18(20)24)22-13-5-3-4-12(9-13)17-16(19)10-21-23(17)2/h3-10,22H,1-2H3,(H2,20,24). The highest BCUT2D eigenvalue weighted by Crippen LogP contribution is 2.30. The zero-order valence-electron chi connectivity index (χ0n) is 13.4. The van der Waals surface area contributed by atoms with Gasteiger partial charge < -0.3 is 11.1 Å². The van der Waals surface area contributed by atoms with Crippen molar-refractivity contribution in [1.29, 1.82) is 0 Å². The van der Waals surface area contributed by atoms with E-state index in [1.54, 1.807) is 12.3 Å². The van der Waals surface area contributed by atoms with Gasteiger partial charge in [-0.3, -0.25) is 9.48 Å². The average Bonchev–Trinajstić information content (AvgIpc) is 2.86. The third-order valence-electron chi connectivity index (χ3n) is 3.81. The number of rotatable bonds is 4. The van der Waals surface area contributed by atoms with Gasteiger partial charge in [-0.25, -0.2) is 0 Å². The van der Waals surface area contributed by atoms with E-state index in [2.05, 4.69) is 32.4 Å². The minimum Gasteiger partial charge on any atom is -0.366 e. The van der Waals surface area contributed by atoms with Crippen molar-refractivity contribution >= 4 is 33.2 Å². The molecule has 0 saturated carbocycles. The first-order valence-electron chi connectivity index (χ1n) is 7.41. The van der Waals surface area contributed by atoms with Crippen LogP contribution in [0, 0.1) is 6.92 Å². The van der Waals surface area contributed by atoms with Gasteiger partial charge >= 0.3 is 0 Å². The van der Waals surface area contributed by atoms with Crippen molar-refractivity contribution in [3.05, 3.63) is 64.3 Å². The summed E-state index contributed by atoms with van der Waals surface area (Å²) in [5, 5.41) is 7.60. The lowest BCUT2D eigenvalue weighted by molar-refractivity contribution is 0.1000. The first kappa shape index (κ1) is 16.3. The Balaban J connectivity index is 1.91. The summed E-state index contributed by atoms with van der Waals surface area (Å²) in [5.41, 5.74) is 10.6. The normalized spacial score (nSPS) is 10.6. The van der Waals surface area contributed by atoms with E-state index in [1.807, 2.05) is 49.0 Å². The SMILES string of the molecule is Cc1cc(Nc2cccc(-c3c(Br)cnn3C)c2)ccc1C(N)=O. The molecule has 0 unspecified atom stereocenters. The lowest BCUT2D eigenvalue weighted by Gasteiger charge is -2.11. The van der Waals surface area contributed by atoms with Crippen molar-refractivity contribution in [2.75, 3.05) is 5.32 Å². The first-order valence-corrected chi connectivity index (χ1v) is 8.20. The predicted octanol–water partition coefficient (Wildman–Crippen LogP) is 4.00. The first-order chi connectivity index (χ1) is 11.5. The van der Waals surface area contributed by atoms with Crippen molar-refractivity contribution in [2.45, 2.75) is 6.92 Å². The van der Waals surface area contributed by atoms with Crippen LogP contribution in [0.1, 0.15) is 15.9 Å². The molecule has 3 N–H and O–H groups in total. The maximum atomic E-state index is 11.3. The van der Waals surface area contributed by atoms with E-state index in [1.165, 1.54) is 0 Å². The fourth-order valence-corrected chi connectivity index (χ4v) is 3.24. The second kappa shape index (κ2) is 6.49. The summed E-state index contributed by atoms with van der Waals surface area (Å²) in [7, 11) is 1.91. The van der Waals surface area contributed by atoms with Crippen molar-refractivity contribution in [1.82, 2.24) is 9.78 Å². The van der Waals surface area contributed by atoms with Crippen LogP contribution in [0.5, 0.6) is 0 Å². The van der Waals surface area contributed by atoms with Gasteiger partial charge in [0.2, 0.25) is 5.91 Å². The molecule has 24 heavy (non-hydrogen) atoms. The summed E-state index contributed by atoms with van der Waals surface area (Å²) in [6.45, 7) is 1.87. The number of hydrogen-bond acceptors (Lipinski definition) is 3. The quantitative estimate of drug-likeness (QED) is 0.713. The number of halogens is 1. The molecule has 6 heteroatoms. The molecule has 0 bridgehead atoms. The molecule has 122 valence electrons. The molecule has 3 aromatic rings. The fraction of sp³-hybridized carbons (Fsp3) is 0.111. The molecule has 0 aliphatic carbocycles. The van der Waals surface area contributed by atoms with Crippen LogP contribution in [-0.4, -0.2) is 15.7 Å². The van der Waals surface area contributed by atoms with Gasteiger partial charge in [-0.05, 0) is 58.7 Å². The highest BCUT2D eigenvalue weighted by Gasteiger charge is 2.10. The average molecular weight is 385 g/mol. The summed E-state index contributed by atoms with van der Waals surface area (Å²) >= 11 is 3.53. The second-order valence-electron chi connectivity index (χ2n) is 5.56. The van der Waals surface area contributed by atoms with Crippen molar-refractivity contribution in [3.63, 3.8) is 0 Å². The summed E-state index contributed by atoms with van der Waals surface area (Å²) in [6, 6.07) is 13.6. The number of nitrogens with one attached hydrogen (secondary N) is 1. The maximum Gasteiger partial charge on any atom is 0.248 e. The lowest BCUT2D eigenvalue weighted by Crippen LogP contribution is -2.12. The van der Waals surface area contributed by atoms with Gasteiger partial charge in [0.1, 0.15) is 0 Å². The molecule has 0 aliphatic rings. The van der Waals surface area contributed by atoms with E-state index in [-0.39, 0.29) is 0 Å². The number of hydrogen-bond donors (Lipinski definition) is 2. The number of benzene rings is 2. The summed E-state index contributed by atoms with van der Waals surface area (Å²) in [5.74, 6) is -0.415. The number of carbonyl (C=O) groups excluding carboxylic acids is 1. The molecule has 1 amide bonds. The molecule has 0 fully saturated rings. The minimum absolute atomic E-state index is 0.415. The van der Waals surface area contributed by atoms with Crippen LogP contribution in [0.4, 0.5) is 11.4 Å². The number of nitrogens with two attached hydrogens (primary N) is 1. The molecule has 0 spiro atoms. The van der Waals surface area contributed by atoms with E-state index >= 15 is 0 Å². The Morgan fingerprint density at radius 1 is 1.21 bits per heavy atom. The number of aromatic nitrogens is 2. The molecule has 0 atom stereocenters. The largest absolute Gasteiger partial charge is 0.366 e. The molecule has 0 saturated heterocycles. The van der Waals surface area contributed by atoms with Crippen molar-refractivity contribution < 1.29 is 4.79 Å². The number of carbonyl (C=O) groups is 1. The third kappa shape index (κ3) is 3.19. The van der Waals surface area contributed by atoms with Gasteiger partial charge in [0, 0.05) is 29.5 Å². The van der Waals surface area contributed by atoms with Crippen LogP contribution in [0.25, 0.3) is 11.3 Å². The minimum atomic E-state index is -0.415. The van der Waals surface area contributed by atoms with Crippen LogP contribution < -0.4 is 11.1 Å². The fourth-order valence-electron chi connectivity index (χ4n) is 2.66. The Morgan fingerprint density at radius 2 is 1.96 bits per heavy atom. The van der Waals surface area contributed by atoms with E-state index in [4.69, 9.17) is 5.73 Å². The van der Waals surface area contributed by atoms with Crippen LogP contribution in [-0.2, 0) is 7.05 Å². The maximum absolute atomic E-state index is 11.3. The molecule has 1 heterocycles. The van der Waals surface area contributed by atoms with Crippen molar-refractivity contribution in [2.24, 2.45) is 12.8 Å². The molecular formula is C18H17BrN4O. The van der Waals surface area contributed by atoms with Gasteiger partial charge in [0.05, 0.1) is 16.4 Å². The molecule has 2 aromatic carbocycles. The number of primary amides is 1. The molecule has 0 aliphatic heterocycles. The van der Waals surface area contributed by atoms with Gasteiger partial charge in [-0.1, -0.05) is 12.1 Å². The summed E-state index contributed by atoms with van der Waals surface area (Å²) < 4.78 is 2.78. The van der Waals surface area contributed by atoms with E-state index in [0.29, 0.717) is 5.56 Å². The number of anilines is 2. The Hall–Kier alpha value is -2.60. The molecule has 3 rings (SSSR count). The Morgan fingerprint density at radius 3 is 2.58 bits per heavy atom. The number of amides is 1. The van der Waals surface area contributed by atoms with E-state index < -0.39 is 5.91 Å². The molecule has 5 nitrogen and oxygen atoms in total. The molecular weight excluding hydrogens is 368 g/mol. The van der Waals surface area contributed by atoms with Gasteiger partial charge in [0.15, 0.2) is 0 Å². The summed E-state index contributed by atoms with van der Waals surface area (Å²) in [6.07, 6.45) is 1.78. The second-order valence-corrected chi connectivity index (χ2v) is 6.42. The molecule has 1 aromatic heterocycles. The van der Waals surface area contributed by atoms with Crippen LogP contribution in [0.3, 0.4) is 0 Å². The zero-order valence-corrected chi connectivity index (χ0v) is 15.0. The van der Waals surface area contributed by atoms with E-state index in [0.717, 1.165) is 32.7 Å². The van der Waals surface area contributed by atoms with E-state index in [9.17, 15) is 4.79 Å². The monoisotopic (exact) mass is 384 g/mol. The zero-order chi connectivity index (χ0) is 17.3. The predicted molar refractivity (Wildman–Crippen MR) is 99.3 cm³/mol. The van der Waals surface area contributed by atoms with Crippen LogP contribution >= 0.6 is 15.9 Å². The molecule has 0 radical (unpaired) electrons. The highest BCUT2D eigenvalue weighted by atomic mass is 79.9. The van der Waals surface area contributed by atoms with Crippen LogP contribution in [0.15, 0.2) is 53.1 Å². The topological polar surface area (TPSA) is 72.9 Å². The summed E-state index contributed by atoms with van der Waals surface area (Å²) in [4.78, 5) is 11.3. The Labute approximate surface area is 148 Å². The van der Waals surface area contributed by atoms with Gasteiger partial charge in [-0.15, -0.1) is 0 Å². The highest BCUT2D eigenvalue weighted by molar-refractivity contribution is 9.10. The van der Waals surface area contributed by atoms with Gasteiger partial charge in [0.25, 0.3) is 0 Å². The van der Waals surface area contributed by atoms with Crippen molar-refractivity contribution in [3.8, 4) is 11.3 Å². The van der Waals surface area contributed by atoms with Crippen LogP contribution in [0.2, 0.25) is 0 Å². The number of aryl methyl sites for hydroxylation is 2. The smallest absolute Gasteiger partial charge is 0.248 e.